The quantitative estimate of drug-likeness (QED) is 0.384. The molecule has 4 atom stereocenters. The molecule has 2 saturated heterocycles. The molecule has 4 rings (SSSR count). The van der Waals surface area contributed by atoms with Gasteiger partial charge >= 0.3 is 29.9 Å². The van der Waals surface area contributed by atoms with Gasteiger partial charge in [0.05, 0.1) is 38.7 Å². The normalized spacial score (nSPS) is 21.6. The molecule has 12 nitrogen and oxygen atoms in total. The number of alkyl halides is 3. The van der Waals surface area contributed by atoms with E-state index in [4.69, 9.17) is 15.2 Å². The smallest absolute Gasteiger partial charge is 0.422 e. The van der Waals surface area contributed by atoms with Gasteiger partial charge in [0.2, 0.25) is 0 Å². The Hall–Kier alpha value is -4.43. The standard InChI is InChI=1S/C16H19F3N2O4.C14H19N3O3/c1-10-3-4-13(11-5-12(24-2)7-20-6-11)21(8-10)14(22)15(23)25-9-16(17,18)19;1-9-3-4-12(17(8-9)14(19)13(15)18)10-5-11(20-2)7-16-6-10/h5-7,10,13H,3-4,8-9H2,1-2H3;5-7,9,12H,3-4,8H2,1-2H3,(H2,15,18)/t10-,13+;9-,12+/m00/s1. The monoisotopic (exact) mass is 637 g/mol. The van der Waals surface area contributed by atoms with Crippen LogP contribution in [0.2, 0.25) is 0 Å². The van der Waals surface area contributed by atoms with Gasteiger partial charge in [0.1, 0.15) is 11.5 Å². The minimum atomic E-state index is -4.68. The van der Waals surface area contributed by atoms with Gasteiger partial charge in [0.15, 0.2) is 6.61 Å². The average molecular weight is 638 g/mol. The summed E-state index contributed by atoms with van der Waals surface area (Å²) in [5, 5.41) is 0. The SMILES string of the molecule is COc1cncc([C@H]2CC[C@H](C)CN2C(=O)C(=O)OCC(F)(F)F)c1.COc1cncc([C@H]2CC[C@H](C)CN2C(=O)C(N)=O)c1. The van der Waals surface area contributed by atoms with Crippen LogP contribution in [0.5, 0.6) is 11.5 Å². The fraction of sp³-hybridized carbons (Fsp3) is 0.533. The number of likely N-dealkylation sites (tertiary alicyclic amines) is 2. The third-order valence-electron chi connectivity index (χ3n) is 7.62. The van der Waals surface area contributed by atoms with Crippen molar-refractivity contribution in [2.75, 3.05) is 33.9 Å². The van der Waals surface area contributed by atoms with E-state index in [0.29, 0.717) is 35.9 Å². The summed E-state index contributed by atoms with van der Waals surface area (Å²) < 4.78 is 50.9. The van der Waals surface area contributed by atoms with E-state index in [9.17, 15) is 32.3 Å². The number of carbonyl (C=O) groups is 4. The number of methoxy groups -OCH3 is 2. The molecule has 2 aromatic heterocycles. The van der Waals surface area contributed by atoms with Gasteiger partial charge < -0.3 is 29.7 Å². The number of nitrogens with zero attached hydrogens (tertiary/aromatic N) is 4. The molecule has 2 fully saturated rings. The Balaban J connectivity index is 0.000000251. The fourth-order valence-electron chi connectivity index (χ4n) is 5.37. The average Bonchev–Trinajstić information content (AvgIpc) is 3.02. The Morgan fingerprint density at radius 3 is 1.64 bits per heavy atom. The van der Waals surface area contributed by atoms with Crippen LogP contribution in [0, 0.1) is 11.8 Å². The predicted octanol–water partition coefficient (Wildman–Crippen LogP) is 3.37. The summed E-state index contributed by atoms with van der Waals surface area (Å²) >= 11 is 0. The Morgan fingerprint density at radius 2 is 1.24 bits per heavy atom. The summed E-state index contributed by atoms with van der Waals surface area (Å²) in [5.74, 6) is -2.54. The molecule has 45 heavy (non-hydrogen) atoms. The number of hydrogen-bond acceptors (Lipinski definition) is 9. The van der Waals surface area contributed by atoms with Crippen molar-refractivity contribution in [3.05, 3.63) is 48.0 Å². The number of hydrogen-bond donors (Lipinski definition) is 1. The third-order valence-corrected chi connectivity index (χ3v) is 7.62. The summed E-state index contributed by atoms with van der Waals surface area (Å²) in [6.07, 6.45) is 4.82. The van der Waals surface area contributed by atoms with Crippen molar-refractivity contribution < 1.29 is 46.6 Å². The maximum absolute atomic E-state index is 12.3. The number of nitrogens with two attached hydrogens (primary N) is 1. The number of piperidine rings is 2. The predicted molar refractivity (Wildman–Crippen MR) is 153 cm³/mol. The molecule has 2 N–H and O–H groups in total. The molecule has 0 bridgehead atoms. The topological polar surface area (TPSA) is 154 Å². The van der Waals surface area contributed by atoms with Crippen molar-refractivity contribution in [1.29, 1.82) is 0 Å². The molecule has 15 heteroatoms. The minimum absolute atomic E-state index is 0.120. The molecular weight excluding hydrogens is 599 g/mol. The van der Waals surface area contributed by atoms with Crippen molar-refractivity contribution in [2.24, 2.45) is 17.6 Å². The second-order valence-electron chi connectivity index (χ2n) is 11.2. The largest absolute Gasteiger partial charge is 0.495 e. The number of amides is 3. The highest BCUT2D eigenvalue weighted by Crippen LogP contribution is 2.35. The molecule has 0 spiro atoms. The van der Waals surface area contributed by atoms with Crippen molar-refractivity contribution in [3.8, 4) is 11.5 Å². The van der Waals surface area contributed by atoms with Gasteiger partial charge in [-0.1, -0.05) is 13.8 Å². The zero-order valence-electron chi connectivity index (χ0n) is 25.6. The van der Waals surface area contributed by atoms with Crippen LogP contribution >= 0.6 is 0 Å². The van der Waals surface area contributed by atoms with E-state index >= 15 is 0 Å². The first kappa shape index (κ1) is 35.1. The van der Waals surface area contributed by atoms with Crippen molar-refractivity contribution in [2.45, 2.75) is 57.8 Å². The van der Waals surface area contributed by atoms with Gasteiger partial charge in [-0.25, -0.2) is 4.79 Å². The van der Waals surface area contributed by atoms with Gasteiger partial charge in [0, 0.05) is 25.5 Å². The molecule has 4 heterocycles. The number of ether oxygens (including phenoxy) is 3. The van der Waals surface area contributed by atoms with Gasteiger partial charge in [0.25, 0.3) is 0 Å². The molecule has 0 saturated carbocycles. The fourth-order valence-corrected chi connectivity index (χ4v) is 5.37. The number of pyridine rings is 2. The molecule has 3 amide bonds. The van der Waals surface area contributed by atoms with Crippen LogP contribution in [0.1, 0.15) is 62.7 Å². The summed E-state index contributed by atoms with van der Waals surface area (Å²) in [6.45, 7) is 2.96. The first-order valence-electron chi connectivity index (χ1n) is 14.4. The highest BCUT2D eigenvalue weighted by Gasteiger charge is 2.38. The first-order valence-corrected chi connectivity index (χ1v) is 14.4. The van der Waals surface area contributed by atoms with Crippen LogP contribution in [-0.2, 0) is 23.9 Å². The van der Waals surface area contributed by atoms with Gasteiger partial charge in [-0.15, -0.1) is 0 Å². The maximum Gasteiger partial charge on any atom is 0.422 e. The Bertz CT molecular complexity index is 1360. The van der Waals surface area contributed by atoms with Crippen molar-refractivity contribution in [3.63, 3.8) is 0 Å². The third kappa shape index (κ3) is 9.78. The Morgan fingerprint density at radius 1 is 0.800 bits per heavy atom. The van der Waals surface area contributed by atoms with E-state index in [1.807, 2.05) is 13.0 Å². The second kappa shape index (κ2) is 15.5. The number of primary amides is 1. The highest BCUT2D eigenvalue weighted by atomic mass is 19.4. The van der Waals surface area contributed by atoms with Gasteiger partial charge in [-0.3, -0.25) is 24.4 Å². The zero-order chi connectivity index (χ0) is 33.3. The number of esters is 1. The molecular formula is C30H38F3N5O7. The summed E-state index contributed by atoms with van der Waals surface area (Å²) in [7, 11) is 3.04. The van der Waals surface area contributed by atoms with Crippen LogP contribution in [0.15, 0.2) is 36.9 Å². The zero-order valence-corrected chi connectivity index (χ0v) is 25.6. The number of rotatable bonds is 5. The van der Waals surface area contributed by atoms with Gasteiger partial charge in [-0.05, 0) is 60.8 Å². The maximum atomic E-state index is 12.3. The second-order valence-corrected chi connectivity index (χ2v) is 11.2. The molecule has 0 aromatic carbocycles. The highest BCUT2D eigenvalue weighted by molar-refractivity contribution is 6.34. The number of halogens is 3. The first-order chi connectivity index (χ1) is 21.2. The van der Waals surface area contributed by atoms with E-state index in [2.05, 4.69) is 21.6 Å². The number of aromatic nitrogens is 2. The number of carbonyl (C=O) groups excluding carboxylic acids is 4. The summed E-state index contributed by atoms with van der Waals surface area (Å²) in [4.78, 5) is 58.2. The van der Waals surface area contributed by atoms with Crippen LogP contribution in [-0.4, -0.2) is 83.6 Å². The Kier molecular flexibility index (Phi) is 12.1. The molecule has 2 aliphatic heterocycles. The van der Waals surface area contributed by atoms with E-state index < -0.39 is 42.5 Å². The molecule has 2 aromatic rings. The van der Waals surface area contributed by atoms with Crippen LogP contribution in [0.25, 0.3) is 0 Å². The molecule has 2 aliphatic rings. The molecule has 0 unspecified atom stereocenters. The van der Waals surface area contributed by atoms with E-state index in [0.717, 1.165) is 24.8 Å². The summed E-state index contributed by atoms with van der Waals surface area (Å²) in [5.41, 5.74) is 6.66. The van der Waals surface area contributed by atoms with Crippen molar-refractivity contribution in [1.82, 2.24) is 19.8 Å². The van der Waals surface area contributed by atoms with Crippen molar-refractivity contribution >= 4 is 23.7 Å². The van der Waals surface area contributed by atoms with E-state index in [1.165, 1.54) is 18.2 Å². The van der Waals surface area contributed by atoms with Gasteiger partial charge in [-0.2, -0.15) is 13.2 Å². The molecule has 0 radical (unpaired) electrons. The Labute approximate surface area is 259 Å². The molecule has 246 valence electrons. The lowest BCUT2D eigenvalue weighted by Gasteiger charge is -2.38. The van der Waals surface area contributed by atoms with E-state index in [1.54, 1.807) is 36.7 Å². The lowest BCUT2D eigenvalue weighted by Crippen LogP contribution is -2.46. The lowest BCUT2D eigenvalue weighted by atomic mass is 9.90. The summed E-state index contributed by atoms with van der Waals surface area (Å²) in [6, 6.07) is 2.89. The van der Waals surface area contributed by atoms with Crippen LogP contribution < -0.4 is 15.2 Å². The van der Waals surface area contributed by atoms with Crippen LogP contribution in [0.4, 0.5) is 13.2 Å². The minimum Gasteiger partial charge on any atom is -0.495 e. The van der Waals surface area contributed by atoms with E-state index in [-0.39, 0.29) is 18.5 Å². The molecule has 0 aliphatic carbocycles. The van der Waals surface area contributed by atoms with Crippen LogP contribution in [0.3, 0.4) is 0 Å². The lowest BCUT2D eigenvalue weighted by molar-refractivity contribution is -0.190.